The second-order valence-electron chi connectivity index (χ2n) is 2.08. The van der Waals surface area contributed by atoms with Crippen LogP contribution >= 0.6 is 20.6 Å². The molecule has 0 spiro atoms. The summed E-state index contributed by atoms with van der Waals surface area (Å²) in [5.74, 6) is 2.88. The molecular weight excluding hydrogens is 258 g/mol. The standard InChI is InChI=1S/C3H6S2.CH4.2CH3.Sb/c4-3-1-5-2-3;;;;/h3-4H,1-2H2;1H4;2*1H3;/q;;;;+1/p-1. The first-order valence-corrected chi connectivity index (χ1v) is 12.9. The van der Waals surface area contributed by atoms with Crippen LogP contribution < -0.4 is 0 Å². The van der Waals surface area contributed by atoms with Crippen molar-refractivity contribution in [2.45, 2.75) is 22.4 Å². The van der Waals surface area contributed by atoms with E-state index in [4.69, 9.17) is 0 Å². The summed E-state index contributed by atoms with van der Waals surface area (Å²) >= 11 is 1.44. The maximum absolute atomic E-state index is 2.45. The zero-order valence-corrected chi connectivity index (χ0v) is 9.44. The van der Waals surface area contributed by atoms with Crippen molar-refractivity contribution in [1.29, 1.82) is 0 Å². The number of rotatable bonds is 2. The molecular formula is C6H15S2Sb. The normalized spacial score (nSPS) is 19.0. The molecule has 0 aliphatic carbocycles. The molecule has 1 aliphatic rings. The Hall–Kier alpha value is 1.52. The van der Waals surface area contributed by atoms with Crippen molar-refractivity contribution in [3.8, 4) is 0 Å². The summed E-state index contributed by atoms with van der Waals surface area (Å²) in [6.07, 6.45) is 0. The van der Waals surface area contributed by atoms with Gasteiger partial charge in [-0.25, -0.2) is 0 Å². The zero-order valence-electron chi connectivity index (χ0n) is 5.26. The third-order valence-corrected chi connectivity index (χ3v) is 9.88. The van der Waals surface area contributed by atoms with E-state index in [2.05, 4.69) is 30.4 Å². The van der Waals surface area contributed by atoms with Crippen molar-refractivity contribution in [1.82, 2.24) is 0 Å². The second kappa shape index (κ2) is 5.21. The summed E-state index contributed by atoms with van der Waals surface area (Å²) in [4.78, 5) is 4.91. The molecule has 1 heterocycles. The van der Waals surface area contributed by atoms with E-state index in [0.717, 1.165) is 5.25 Å². The van der Waals surface area contributed by atoms with Gasteiger partial charge in [0.05, 0.1) is 0 Å². The molecule has 0 aromatic carbocycles. The van der Waals surface area contributed by atoms with Crippen LogP contribution in [0.1, 0.15) is 7.43 Å². The van der Waals surface area contributed by atoms with E-state index in [9.17, 15) is 0 Å². The van der Waals surface area contributed by atoms with E-state index >= 15 is 0 Å². The van der Waals surface area contributed by atoms with Crippen molar-refractivity contribution in [3.63, 3.8) is 0 Å². The van der Waals surface area contributed by atoms with E-state index in [-0.39, 0.29) is 7.43 Å². The summed E-state index contributed by atoms with van der Waals surface area (Å²) in [7, 11) is 2.30. The van der Waals surface area contributed by atoms with Gasteiger partial charge >= 0.3 is 65.9 Å². The Morgan fingerprint density at radius 2 is 2.00 bits per heavy atom. The van der Waals surface area contributed by atoms with Gasteiger partial charge in [0.15, 0.2) is 0 Å². The summed E-state index contributed by atoms with van der Waals surface area (Å²) in [5.41, 5.74) is 0. The Morgan fingerprint density at radius 1 is 1.44 bits per heavy atom. The van der Waals surface area contributed by atoms with Crippen molar-refractivity contribution in [2.75, 3.05) is 11.5 Å². The van der Waals surface area contributed by atoms with Gasteiger partial charge in [0, 0.05) is 0 Å². The van der Waals surface area contributed by atoms with Crippen LogP contribution in [0.15, 0.2) is 0 Å². The van der Waals surface area contributed by atoms with Crippen LogP contribution in [0.25, 0.3) is 0 Å². The average molecular weight is 273 g/mol. The van der Waals surface area contributed by atoms with Gasteiger partial charge in [0.1, 0.15) is 0 Å². The Balaban J connectivity index is 0.000000640. The fraction of sp³-hybridized carbons (Fsp3) is 1.00. The minimum atomic E-state index is -0.652. The topological polar surface area (TPSA) is 0 Å². The van der Waals surface area contributed by atoms with E-state index in [1.165, 1.54) is 11.5 Å². The van der Waals surface area contributed by atoms with Crippen molar-refractivity contribution in [3.05, 3.63) is 0 Å². The van der Waals surface area contributed by atoms with Gasteiger partial charge in [-0.05, 0) is 0 Å². The Bertz CT molecular complexity index is 71.5. The number of hydrogen-bond acceptors (Lipinski definition) is 2. The van der Waals surface area contributed by atoms with Crippen molar-refractivity contribution < 1.29 is 0 Å². The summed E-state index contributed by atoms with van der Waals surface area (Å²) in [5, 5.41) is 1.07. The zero-order chi connectivity index (χ0) is 5.98. The molecule has 0 unspecified atom stereocenters. The van der Waals surface area contributed by atoms with Crippen LogP contribution in [0.3, 0.4) is 0 Å². The molecule has 0 aromatic rings. The molecule has 3 heteroatoms. The Kier molecular flexibility index (Phi) is 6.08. The monoisotopic (exact) mass is 272 g/mol. The quantitative estimate of drug-likeness (QED) is 0.709. The maximum atomic E-state index is 2.45. The molecule has 0 atom stereocenters. The van der Waals surface area contributed by atoms with Crippen molar-refractivity contribution >= 4 is 39.4 Å². The Morgan fingerprint density at radius 3 is 2.11 bits per heavy atom. The van der Waals surface area contributed by atoms with Gasteiger partial charge in [-0.15, -0.1) is 0 Å². The first-order chi connectivity index (χ1) is 3.79. The molecule has 0 radical (unpaired) electrons. The first-order valence-electron chi connectivity index (χ1n) is 2.71. The SMILES string of the molecule is C.[CH3][Sb]([CH3])[S]C1CSC1. The van der Waals surface area contributed by atoms with Gasteiger partial charge in [-0.1, -0.05) is 7.43 Å². The van der Waals surface area contributed by atoms with Gasteiger partial charge in [-0.3, -0.25) is 0 Å². The fourth-order valence-electron chi connectivity index (χ4n) is 0.573. The fourth-order valence-corrected chi connectivity index (χ4v) is 10.9. The molecule has 1 saturated heterocycles. The van der Waals surface area contributed by atoms with Crippen LogP contribution in [0, 0.1) is 0 Å². The molecule has 0 bridgehead atoms. The van der Waals surface area contributed by atoms with Crippen LogP contribution in [0.5, 0.6) is 0 Å². The first kappa shape index (κ1) is 10.5. The molecule has 0 nitrogen and oxygen atoms in total. The molecule has 9 heavy (non-hydrogen) atoms. The predicted molar refractivity (Wildman–Crippen MR) is 52.9 cm³/mol. The number of thioether (sulfide) groups is 1. The molecule has 0 saturated carbocycles. The van der Waals surface area contributed by atoms with Crippen LogP contribution in [-0.4, -0.2) is 35.6 Å². The molecule has 56 valence electrons. The summed E-state index contributed by atoms with van der Waals surface area (Å²) < 4.78 is 0. The third kappa shape index (κ3) is 4.06. The third-order valence-electron chi connectivity index (χ3n) is 0.967. The molecule has 0 N–H and O–H groups in total. The van der Waals surface area contributed by atoms with E-state index < -0.39 is 18.8 Å². The van der Waals surface area contributed by atoms with Gasteiger partial charge in [0.25, 0.3) is 0 Å². The number of hydrogen-bond donors (Lipinski definition) is 0. The van der Waals surface area contributed by atoms with Gasteiger partial charge in [-0.2, -0.15) is 0 Å². The van der Waals surface area contributed by atoms with E-state index in [1.54, 1.807) is 0 Å². The van der Waals surface area contributed by atoms with Gasteiger partial charge in [0.2, 0.25) is 0 Å². The Labute approximate surface area is 72.9 Å². The van der Waals surface area contributed by atoms with Crippen molar-refractivity contribution in [2.24, 2.45) is 0 Å². The molecule has 1 fully saturated rings. The van der Waals surface area contributed by atoms with Crippen LogP contribution in [0.2, 0.25) is 9.74 Å². The molecule has 1 aliphatic heterocycles. The average Bonchev–Trinajstić information content (AvgIpc) is 1.55. The summed E-state index contributed by atoms with van der Waals surface area (Å²) in [6.45, 7) is 0. The van der Waals surface area contributed by atoms with Crippen LogP contribution in [-0.2, 0) is 0 Å². The van der Waals surface area contributed by atoms with Gasteiger partial charge < -0.3 is 0 Å². The van der Waals surface area contributed by atoms with E-state index in [1.807, 2.05) is 0 Å². The minimum absolute atomic E-state index is 0. The molecule has 0 amide bonds. The molecule has 0 aromatic heterocycles. The molecule has 1 rings (SSSR count). The van der Waals surface area contributed by atoms with E-state index in [0.29, 0.717) is 0 Å². The predicted octanol–water partition coefficient (Wildman–Crippen LogP) is 2.72. The van der Waals surface area contributed by atoms with Crippen LogP contribution in [0.4, 0.5) is 0 Å². The second-order valence-corrected chi connectivity index (χ2v) is 15.4. The summed E-state index contributed by atoms with van der Waals surface area (Å²) in [6, 6.07) is 0.